The van der Waals surface area contributed by atoms with E-state index < -0.39 is 41.2 Å². The molecule has 0 N–H and O–H groups in total. The van der Waals surface area contributed by atoms with Gasteiger partial charge >= 0.3 is 5.97 Å². The Morgan fingerprint density at radius 3 is 3.42 bits per heavy atom. The number of carbonyl (C=O) groups excluding carboxylic acids is 1. The smallest absolute Gasteiger partial charge is 0.356 e. The number of methoxy groups -OCH3 is 1. The lowest BCUT2D eigenvalue weighted by molar-refractivity contribution is 0.0594. The van der Waals surface area contributed by atoms with Crippen LogP contribution in [0.15, 0.2) is 16.7 Å². The third kappa shape index (κ3) is 1.79. The second-order valence-corrected chi connectivity index (χ2v) is 2.51. The Labute approximate surface area is 83.7 Å². The summed E-state index contributed by atoms with van der Waals surface area (Å²) in [6, 6.07) is -0.673. The van der Waals surface area contributed by atoms with E-state index in [0.717, 1.165) is 0 Å². The molecule has 12 heavy (non-hydrogen) atoms. The van der Waals surface area contributed by atoms with E-state index in [2.05, 4.69) is 25.7 Å². The fraction of sp³-hybridized carbons (Fsp3) is 0.143. The predicted octanol–water partition coefficient (Wildman–Crippen LogP) is 1.77. The van der Waals surface area contributed by atoms with Gasteiger partial charge in [0.15, 0.2) is 5.82 Å². The monoisotopic (exact) mass is 238 g/mol. The molecule has 0 amide bonds. The van der Waals surface area contributed by atoms with Gasteiger partial charge in [0.2, 0.25) is 0 Å². The van der Waals surface area contributed by atoms with Crippen molar-refractivity contribution in [3.8, 4) is 0 Å². The Morgan fingerprint density at radius 1 is 2.00 bits per heavy atom. The van der Waals surface area contributed by atoms with Crippen molar-refractivity contribution in [2.24, 2.45) is 0 Å². The molecule has 0 saturated carbocycles. The van der Waals surface area contributed by atoms with Crippen molar-refractivity contribution in [2.75, 3.05) is 7.04 Å². The molecule has 0 bridgehead atoms. The van der Waals surface area contributed by atoms with Crippen molar-refractivity contribution in [1.29, 1.82) is 0 Å². The van der Waals surface area contributed by atoms with Crippen LogP contribution < -0.4 is 0 Å². The van der Waals surface area contributed by atoms with Crippen LogP contribution >= 0.6 is 15.9 Å². The summed E-state index contributed by atoms with van der Waals surface area (Å²) in [5.41, 5.74) is -0.737. The zero-order chi connectivity index (χ0) is 13.4. The largest absolute Gasteiger partial charge is 0.464 e. The first-order valence-corrected chi connectivity index (χ1v) is 3.48. The number of nitrogens with zero attached hydrogens (tertiary/aromatic N) is 1. The summed E-state index contributed by atoms with van der Waals surface area (Å²) in [6.07, 6.45) is -0.884. The van der Waals surface area contributed by atoms with Gasteiger partial charge in [-0.1, -0.05) is 0 Å². The van der Waals surface area contributed by atoms with Gasteiger partial charge in [0.05, 0.1) is 24.5 Å². The lowest BCUT2D eigenvalue weighted by atomic mass is 10.3. The lowest BCUT2D eigenvalue weighted by Crippen LogP contribution is -2.04. The van der Waals surface area contributed by atoms with Gasteiger partial charge in [0, 0.05) is 0 Å². The van der Waals surface area contributed by atoms with E-state index >= 15 is 0 Å². The molecule has 0 radical (unpaired) electrons. The van der Waals surface area contributed by atoms with E-state index in [0.29, 0.717) is 0 Å². The lowest BCUT2D eigenvalue weighted by Gasteiger charge is -1.98. The molecule has 1 aromatic rings. The third-order valence-corrected chi connectivity index (χ3v) is 1.52. The first-order valence-electron chi connectivity index (χ1n) is 5.19. The average molecular weight is 239 g/mol. The van der Waals surface area contributed by atoms with E-state index in [1.165, 1.54) is 0 Å². The van der Waals surface area contributed by atoms with E-state index in [1.807, 2.05) is 0 Å². The molecule has 64 valence electrons. The highest BCUT2D eigenvalue weighted by molar-refractivity contribution is 9.10. The first kappa shape index (κ1) is 4.32. The summed E-state index contributed by atoms with van der Waals surface area (Å²) in [6.45, 7) is 0. The summed E-state index contributed by atoms with van der Waals surface area (Å²) >= 11 is 2.66. The Morgan fingerprint density at radius 2 is 2.75 bits per heavy atom. The van der Waals surface area contributed by atoms with Gasteiger partial charge in [-0.3, -0.25) is 0 Å². The Bertz CT molecular complexity index is 478. The normalized spacial score (nSPS) is 16.7. The molecule has 0 fully saturated rings. The minimum absolute atomic E-state index is 0.449. The van der Waals surface area contributed by atoms with E-state index in [1.54, 1.807) is 0 Å². The standard InChI is InChI=1S/C7H5BrFNO2/c1-12-7(11)6-2-4(8)5(9)3-10-6/h2-3H,1H3/i1D3,2D,3D. The van der Waals surface area contributed by atoms with Crippen LogP contribution in [0.25, 0.3) is 0 Å². The molecule has 3 nitrogen and oxygen atoms in total. The maximum Gasteiger partial charge on any atom is 0.356 e. The van der Waals surface area contributed by atoms with Crippen molar-refractivity contribution >= 4 is 21.9 Å². The van der Waals surface area contributed by atoms with Gasteiger partial charge in [0.1, 0.15) is 5.69 Å². The highest BCUT2D eigenvalue weighted by Crippen LogP contribution is 2.14. The fourth-order valence-corrected chi connectivity index (χ4v) is 0.762. The number of carbonyl (C=O) groups is 1. The van der Waals surface area contributed by atoms with Crippen LogP contribution in [0.1, 0.15) is 17.3 Å². The van der Waals surface area contributed by atoms with Gasteiger partial charge in [-0.05, 0) is 22.0 Å². The maximum absolute atomic E-state index is 13.1. The van der Waals surface area contributed by atoms with Gasteiger partial charge in [0.25, 0.3) is 0 Å². The summed E-state index contributed by atoms with van der Waals surface area (Å²) in [7, 11) is -2.99. The summed E-state index contributed by atoms with van der Waals surface area (Å²) < 4.78 is 51.2. The number of aromatic nitrogens is 1. The molecule has 0 saturated heterocycles. The number of pyridine rings is 1. The first-order chi connectivity index (χ1) is 7.63. The average Bonchev–Trinajstić information content (AvgIpc) is 2.17. The Kier molecular flexibility index (Phi) is 1.30. The van der Waals surface area contributed by atoms with E-state index in [9.17, 15) is 9.18 Å². The zero-order valence-electron chi connectivity index (χ0n) is 10.5. The molecule has 1 rings (SSSR count). The molecule has 0 unspecified atom stereocenters. The predicted molar refractivity (Wildman–Crippen MR) is 43.2 cm³/mol. The number of esters is 1. The molecule has 0 atom stereocenters. The molecule has 1 aromatic heterocycles. The van der Waals surface area contributed by atoms with E-state index in [4.69, 9.17) is 6.85 Å². The molecule has 0 aliphatic rings. The van der Waals surface area contributed by atoms with Crippen molar-refractivity contribution in [3.05, 3.63) is 28.2 Å². The second-order valence-electron chi connectivity index (χ2n) is 1.71. The third-order valence-electron chi connectivity index (χ3n) is 0.973. The van der Waals surface area contributed by atoms with Crippen LogP contribution in [-0.2, 0) is 4.74 Å². The number of ether oxygens (including phenoxy) is 1. The number of halogens is 2. The molecule has 0 aliphatic heterocycles. The molecule has 1 heterocycles. The molecule has 5 heteroatoms. The number of rotatable bonds is 1. The highest BCUT2D eigenvalue weighted by atomic mass is 79.9. The van der Waals surface area contributed by atoms with Gasteiger partial charge in [-0.15, -0.1) is 0 Å². The highest BCUT2D eigenvalue weighted by Gasteiger charge is 2.09. The van der Waals surface area contributed by atoms with Crippen molar-refractivity contribution in [1.82, 2.24) is 4.98 Å². The Hall–Kier alpha value is -0.970. The molecule has 0 aromatic carbocycles. The molecule has 0 aliphatic carbocycles. The topological polar surface area (TPSA) is 39.2 Å². The summed E-state index contributed by atoms with van der Waals surface area (Å²) in [5.74, 6) is -2.52. The molecular formula is C7H5BrFNO2. The van der Waals surface area contributed by atoms with Crippen LogP contribution in [0.4, 0.5) is 4.39 Å². The molecular weight excluding hydrogens is 229 g/mol. The second kappa shape index (κ2) is 3.62. The van der Waals surface area contributed by atoms with Gasteiger partial charge in [-0.25, -0.2) is 14.2 Å². The van der Waals surface area contributed by atoms with E-state index in [-0.39, 0.29) is 0 Å². The number of hydrogen-bond acceptors (Lipinski definition) is 3. The SMILES string of the molecule is [2H]c1nc(C(=O)OC([2H])([2H])[2H])c([2H])c(Br)c1F. The summed E-state index contributed by atoms with van der Waals surface area (Å²) in [4.78, 5) is 14.5. The van der Waals surface area contributed by atoms with Crippen LogP contribution in [-0.4, -0.2) is 18.0 Å². The van der Waals surface area contributed by atoms with Crippen molar-refractivity contribution in [2.45, 2.75) is 0 Å². The number of hydrogen-bond donors (Lipinski definition) is 0. The van der Waals surface area contributed by atoms with Gasteiger partial charge < -0.3 is 4.74 Å². The Balaban J connectivity index is 3.20. The minimum atomic E-state index is -2.99. The van der Waals surface area contributed by atoms with Gasteiger partial charge in [-0.2, -0.15) is 0 Å². The van der Waals surface area contributed by atoms with Crippen LogP contribution in [0, 0.1) is 5.82 Å². The van der Waals surface area contributed by atoms with Crippen LogP contribution in [0.2, 0.25) is 0 Å². The fourth-order valence-electron chi connectivity index (χ4n) is 0.486. The maximum atomic E-state index is 13.1. The van der Waals surface area contributed by atoms with Crippen molar-refractivity contribution < 1.29 is 20.8 Å². The van der Waals surface area contributed by atoms with Crippen molar-refractivity contribution in [3.63, 3.8) is 0 Å². The quantitative estimate of drug-likeness (QED) is 0.701. The summed E-state index contributed by atoms with van der Waals surface area (Å²) in [5, 5.41) is 0. The van der Waals surface area contributed by atoms with Crippen LogP contribution in [0.3, 0.4) is 0 Å². The minimum Gasteiger partial charge on any atom is -0.464 e. The van der Waals surface area contributed by atoms with Crippen LogP contribution in [0.5, 0.6) is 0 Å². The molecule has 0 spiro atoms. The zero-order valence-corrected chi connectivity index (χ0v) is 7.11.